The van der Waals surface area contributed by atoms with Gasteiger partial charge >= 0.3 is 0 Å². The molecule has 1 nitrogen and oxygen atoms in total. The molecule has 0 aliphatic heterocycles. The Labute approximate surface area is 120 Å². The van der Waals surface area contributed by atoms with E-state index in [0.717, 1.165) is 0 Å². The van der Waals surface area contributed by atoms with E-state index in [4.69, 9.17) is 0 Å². The smallest absolute Gasteiger partial charge is 0.0391 e. The molecule has 0 saturated heterocycles. The fourth-order valence-corrected chi connectivity index (χ4v) is 3.28. The zero-order valence-corrected chi connectivity index (χ0v) is 13.3. The molecule has 0 aliphatic carbocycles. The van der Waals surface area contributed by atoms with E-state index in [1.807, 2.05) is 11.3 Å². The van der Waals surface area contributed by atoms with Gasteiger partial charge in [0.05, 0.1) is 0 Å². The molecule has 19 heavy (non-hydrogen) atoms. The highest BCUT2D eigenvalue weighted by Crippen LogP contribution is 2.26. The maximum Gasteiger partial charge on any atom is 0.0391 e. The molecular formula is C17H23NS. The zero-order chi connectivity index (χ0) is 14.0. The van der Waals surface area contributed by atoms with Crippen molar-refractivity contribution >= 4 is 11.3 Å². The summed E-state index contributed by atoms with van der Waals surface area (Å²) in [7, 11) is 0. The maximum atomic E-state index is 3.70. The van der Waals surface area contributed by atoms with Gasteiger partial charge in [0.2, 0.25) is 0 Å². The monoisotopic (exact) mass is 273 g/mol. The number of benzene rings is 1. The predicted octanol–water partition coefficient (Wildman–Crippen LogP) is 5.09. The Balaban J connectivity index is 2.16. The van der Waals surface area contributed by atoms with E-state index in [0.29, 0.717) is 12.1 Å². The highest BCUT2D eigenvalue weighted by Gasteiger charge is 2.14. The molecule has 0 radical (unpaired) electrons. The molecule has 1 N–H and O–H groups in total. The summed E-state index contributed by atoms with van der Waals surface area (Å²) in [5.41, 5.74) is 5.53. The Morgan fingerprint density at radius 1 is 0.947 bits per heavy atom. The fourth-order valence-electron chi connectivity index (χ4n) is 2.53. The van der Waals surface area contributed by atoms with Crippen LogP contribution in [0, 0.1) is 20.8 Å². The first-order valence-corrected chi connectivity index (χ1v) is 7.74. The van der Waals surface area contributed by atoms with Gasteiger partial charge in [0.25, 0.3) is 0 Å². The second kappa shape index (κ2) is 5.89. The predicted molar refractivity (Wildman–Crippen MR) is 84.9 cm³/mol. The Kier molecular flexibility index (Phi) is 4.43. The van der Waals surface area contributed by atoms with E-state index in [1.54, 1.807) is 0 Å². The Hall–Kier alpha value is -1.12. The van der Waals surface area contributed by atoms with Crippen LogP contribution >= 0.6 is 11.3 Å². The van der Waals surface area contributed by atoms with Gasteiger partial charge in [-0.05, 0) is 68.3 Å². The first-order chi connectivity index (χ1) is 8.99. The second-order valence-electron chi connectivity index (χ2n) is 5.42. The number of thiophene rings is 1. The number of hydrogen-bond acceptors (Lipinski definition) is 2. The SMILES string of the molecule is Cc1cc(C)c(C(C)N[C@@H](C)c2cccs2)cc1C. The molecule has 1 aromatic heterocycles. The molecule has 0 spiro atoms. The standard InChI is InChI=1S/C17H23NS/c1-11-9-13(3)16(10-12(11)2)14(4)18-15(5)17-7-6-8-19-17/h6-10,14-15,18H,1-5H3/t14?,15-/m0/s1. The minimum Gasteiger partial charge on any atom is -0.303 e. The van der Waals surface area contributed by atoms with Crippen molar-refractivity contribution in [3.8, 4) is 0 Å². The molecule has 0 amide bonds. The molecule has 1 unspecified atom stereocenters. The number of hydrogen-bond donors (Lipinski definition) is 1. The van der Waals surface area contributed by atoms with Crippen LogP contribution in [0.4, 0.5) is 0 Å². The van der Waals surface area contributed by atoms with Crippen molar-refractivity contribution in [2.75, 3.05) is 0 Å². The summed E-state index contributed by atoms with van der Waals surface area (Å²) in [5, 5.41) is 5.83. The molecule has 0 aliphatic rings. The zero-order valence-electron chi connectivity index (χ0n) is 12.4. The van der Waals surface area contributed by atoms with E-state index < -0.39 is 0 Å². The van der Waals surface area contributed by atoms with Gasteiger partial charge in [-0.2, -0.15) is 0 Å². The number of aryl methyl sites for hydroxylation is 3. The van der Waals surface area contributed by atoms with Crippen LogP contribution in [0.1, 0.15) is 53.1 Å². The van der Waals surface area contributed by atoms with Crippen LogP contribution in [0.5, 0.6) is 0 Å². The number of rotatable bonds is 4. The molecule has 1 heterocycles. The lowest BCUT2D eigenvalue weighted by molar-refractivity contribution is 0.498. The van der Waals surface area contributed by atoms with Crippen LogP contribution in [0.15, 0.2) is 29.6 Å². The Morgan fingerprint density at radius 3 is 2.26 bits per heavy atom. The van der Waals surface area contributed by atoms with Gasteiger partial charge in [0.15, 0.2) is 0 Å². The fraction of sp³-hybridized carbons (Fsp3) is 0.412. The topological polar surface area (TPSA) is 12.0 Å². The van der Waals surface area contributed by atoms with E-state index in [1.165, 1.54) is 27.1 Å². The van der Waals surface area contributed by atoms with Crippen LogP contribution in [-0.4, -0.2) is 0 Å². The van der Waals surface area contributed by atoms with Crippen molar-refractivity contribution in [3.05, 3.63) is 56.8 Å². The first-order valence-electron chi connectivity index (χ1n) is 6.86. The van der Waals surface area contributed by atoms with E-state index in [9.17, 15) is 0 Å². The summed E-state index contributed by atoms with van der Waals surface area (Å²) >= 11 is 1.82. The normalized spacial score (nSPS) is 14.4. The van der Waals surface area contributed by atoms with Gasteiger partial charge in [-0.1, -0.05) is 18.2 Å². The maximum absolute atomic E-state index is 3.70. The van der Waals surface area contributed by atoms with Crippen molar-refractivity contribution < 1.29 is 0 Å². The summed E-state index contributed by atoms with van der Waals surface area (Å²) in [5.74, 6) is 0. The largest absolute Gasteiger partial charge is 0.303 e. The highest BCUT2D eigenvalue weighted by atomic mass is 32.1. The molecule has 0 fully saturated rings. The minimum absolute atomic E-state index is 0.372. The molecule has 1 aromatic carbocycles. The summed E-state index contributed by atoms with van der Waals surface area (Å²) in [4.78, 5) is 1.40. The third kappa shape index (κ3) is 3.26. The van der Waals surface area contributed by atoms with Gasteiger partial charge < -0.3 is 5.32 Å². The van der Waals surface area contributed by atoms with Crippen LogP contribution in [0.3, 0.4) is 0 Å². The van der Waals surface area contributed by atoms with E-state index in [2.05, 4.69) is 69.6 Å². The second-order valence-corrected chi connectivity index (χ2v) is 6.40. The lowest BCUT2D eigenvalue weighted by Gasteiger charge is -2.22. The molecule has 102 valence electrons. The molecule has 0 bridgehead atoms. The third-order valence-electron chi connectivity index (χ3n) is 3.82. The van der Waals surface area contributed by atoms with Gasteiger partial charge in [-0.25, -0.2) is 0 Å². The van der Waals surface area contributed by atoms with Crippen molar-refractivity contribution in [1.82, 2.24) is 5.32 Å². The third-order valence-corrected chi connectivity index (χ3v) is 4.87. The first kappa shape index (κ1) is 14.3. The average Bonchev–Trinajstić information content (AvgIpc) is 2.87. The lowest BCUT2D eigenvalue weighted by atomic mass is 9.96. The molecule has 0 saturated carbocycles. The average molecular weight is 273 g/mol. The highest BCUT2D eigenvalue weighted by molar-refractivity contribution is 7.10. The Morgan fingerprint density at radius 2 is 1.63 bits per heavy atom. The van der Waals surface area contributed by atoms with Crippen LogP contribution < -0.4 is 5.32 Å². The van der Waals surface area contributed by atoms with Crippen LogP contribution in [-0.2, 0) is 0 Å². The van der Waals surface area contributed by atoms with Gasteiger partial charge in [0.1, 0.15) is 0 Å². The summed E-state index contributed by atoms with van der Waals surface area (Å²) in [6.45, 7) is 11.1. The van der Waals surface area contributed by atoms with Crippen molar-refractivity contribution in [1.29, 1.82) is 0 Å². The van der Waals surface area contributed by atoms with Crippen molar-refractivity contribution in [2.45, 2.75) is 46.7 Å². The molecule has 2 aromatic rings. The number of nitrogens with one attached hydrogen (secondary N) is 1. The summed E-state index contributed by atoms with van der Waals surface area (Å²) in [6.07, 6.45) is 0. The molecule has 2 rings (SSSR count). The van der Waals surface area contributed by atoms with E-state index in [-0.39, 0.29) is 0 Å². The lowest BCUT2D eigenvalue weighted by Crippen LogP contribution is -2.22. The van der Waals surface area contributed by atoms with Crippen molar-refractivity contribution in [2.24, 2.45) is 0 Å². The van der Waals surface area contributed by atoms with Gasteiger partial charge in [-0.15, -0.1) is 11.3 Å². The summed E-state index contributed by atoms with van der Waals surface area (Å²) in [6, 6.07) is 9.70. The minimum atomic E-state index is 0.372. The molecule has 2 heteroatoms. The van der Waals surface area contributed by atoms with Crippen molar-refractivity contribution in [3.63, 3.8) is 0 Å². The Bertz CT molecular complexity index is 543. The van der Waals surface area contributed by atoms with Gasteiger partial charge in [-0.3, -0.25) is 0 Å². The van der Waals surface area contributed by atoms with Crippen LogP contribution in [0.2, 0.25) is 0 Å². The quantitative estimate of drug-likeness (QED) is 0.818. The summed E-state index contributed by atoms with van der Waals surface area (Å²) < 4.78 is 0. The van der Waals surface area contributed by atoms with Crippen LogP contribution in [0.25, 0.3) is 0 Å². The van der Waals surface area contributed by atoms with E-state index >= 15 is 0 Å². The molecular weight excluding hydrogens is 250 g/mol. The molecule has 2 atom stereocenters. The van der Waals surface area contributed by atoms with Gasteiger partial charge in [0, 0.05) is 17.0 Å².